The normalized spacial score (nSPS) is 14.0. The topological polar surface area (TPSA) is 145 Å². The molecule has 31 heavy (non-hydrogen) atoms. The highest BCUT2D eigenvalue weighted by molar-refractivity contribution is 7.85. The minimum atomic E-state index is -4.41. The summed E-state index contributed by atoms with van der Waals surface area (Å²) in [5.74, 6) is -0.622. The Bertz CT molecular complexity index is 957. The summed E-state index contributed by atoms with van der Waals surface area (Å²) < 4.78 is 61.5. The molecular weight excluding hydrogens is 460 g/mol. The predicted octanol–water partition coefficient (Wildman–Crippen LogP) is 2.68. The van der Waals surface area contributed by atoms with Crippen LogP contribution in [0.3, 0.4) is 0 Å². The molecule has 1 atom stereocenters. The number of aryl methyl sites for hydroxylation is 1. The van der Waals surface area contributed by atoms with Crippen molar-refractivity contribution in [2.75, 3.05) is 5.73 Å². The number of pyridine rings is 1. The number of nitrogen functional groups attached to an aromatic ring is 1. The van der Waals surface area contributed by atoms with Crippen LogP contribution in [-0.2, 0) is 40.4 Å². The summed E-state index contributed by atoms with van der Waals surface area (Å²) in [6.45, 7) is 4.44. The minimum Gasteiger partial charge on any atom is -0.398 e. The van der Waals surface area contributed by atoms with Crippen LogP contribution >= 0.6 is 11.3 Å². The maximum Gasteiger partial charge on any atom is 0.433 e. The maximum atomic E-state index is 13.0. The number of nitrogens with zero attached hydrogens (tertiary/aromatic N) is 1. The van der Waals surface area contributed by atoms with Gasteiger partial charge in [0.2, 0.25) is 6.41 Å². The van der Waals surface area contributed by atoms with E-state index in [9.17, 15) is 26.9 Å². The number of rotatable bonds is 2. The Morgan fingerprint density at radius 2 is 1.84 bits per heavy atom. The zero-order valence-electron chi connectivity index (χ0n) is 17.0. The Balaban J connectivity index is 0.000000278. The number of hydrogen-bond acceptors (Lipinski definition) is 6. The molecule has 0 fully saturated rings. The van der Waals surface area contributed by atoms with Gasteiger partial charge in [-0.1, -0.05) is 0 Å². The van der Waals surface area contributed by atoms with Gasteiger partial charge in [-0.15, -0.1) is 11.3 Å². The lowest BCUT2D eigenvalue weighted by Gasteiger charge is -2.14. The van der Waals surface area contributed by atoms with E-state index >= 15 is 0 Å². The maximum absolute atomic E-state index is 13.0. The standard InChI is InChI=1S/C10H11F3N2.C7H10FNO2S2.CH3NO/c1-5-8(14)6-3-2-4-7(6)15-9(5)10(11,12)13;1-7(2,10)5-3-4(8)6(12-5)13(9)11;2-1-3/h2-4H2,1H3,(H2,14,15);3,10H,9H2,1-2H3;1H,(H2,2,3). The van der Waals surface area contributed by atoms with Crippen LogP contribution in [-0.4, -0.2) is 20.7 Å². The first-order chi connectivity index (χ1) is 14.1. The van der Waals surface area contributed by atoms with E-state index < -0.39 is 34.3 Å². The van der Waals surface area contributed by atoms with Gasteiger partial charge in [0, 0.05) is 21.8 Å². The molecule has 1 amide bonds. The molecular formula is C18H24F4N4O3S2. The van der Waals surface area contributed by atoms with Crippen molar-refractivity contribution in [1.82, 2.24) is 4.98 Å². The van der Waals surface area contributed by atoms with Crippen molar-refractivity contribution in [3.63, 3.8) is 0 Å². The summed E-state index contributed by atoms with van der Waals surface area (Å²) in [5.41, 5.74) is 9.56. The summed E-state index contributed by atoms with van der Waals surface area (Å²) in [7, 11) is -1.82. The van der Waals surface area contributed by atoms with Crippen molar-refractivity contribution >= 4 is 34.4 Å². The summed E-state index contributed by atoms with van der Waals surface area (Å²) in [6.07, 6.45) is -1.97. The second-order valence-electron chi connectivity index (χ2n) is 7.01. The first-order valence-corrected chi connectivity index (χ1v) is 10.9. The van der Waals surface area contributed by atoms with Gasteiger partial charge < -0.3 is 16.6 Å². The lowest BCUT2D eigenvalue weighted by atomic mass is 10.1. The number of thiophene rings is 1. The molecule has 0 saturated heterocycles. The van der Waals surface area contributed by atoms with Crippen molar-refractivity contribution < 1.29 is 31.7 Å². The first-order valence-electron chi connectivity index (χ1n) is 8.83. The third-order valence-corrected chi connectivity index (χ3v) is 6.75. The molecule has 1 unspecified atom stereocenters. The number of carbonyl (C=O) groups is 1. The molecule has 13 heteroatoms. The van der Waals surface area contributed by atoms with E-state index in [0.717, 1.165) is 35.8 Å². The van der Waals surface area contributed by atoms with Crippen LogP contribution in [0.4, 0.5) is 23.2 Å². The van der Waals surface area contributed by atoms with Crippen LogP contribution < -0.4 is 16.6 Å². The van der Waals surface area contributed by atoms with Crippen LogP contribution in [0.5, 0.6) is 0 Å². The molecule has 0 aliphatic heterocycles. The number of amides is 1. The average molecular weight is 485 g/mol. The molecule has 2 aromatic rings. The van der Waals surface area contributed by atoms with E-state index in [-0.39, 0.29) is 21.9 Å². The van der Waals surface area contributed by atoms with Gasteiger partial charge in [-0.2, -0.15) is 13.2 Å². The van der Waals surface area contributed by atoms with Gasteiger partial charge in [0.25, 0.3) is 0 Å². The van der Waals surface area contributed by atoms with Gasteiger partial charge in [0.15, 0.2) is 5.82 Å². The van der Waals surface area contributed by atoms with E-state index in [1.807, 2.05) is 0 Å². The molecule has 0 radical (unpaired) electrons. The van der Waals surface area contributed by atoms with Gasteiger partial charge in [0.05, 0.1) is 5.60 Å². The second kappa shape index (κ2) is 10.5. The predicted molar refractivity (Wildman–Crippen MR) is 111 cm³/mol. The Hall–Kier alpha value is -2.09. The molecule has 2 heterocycles. The molecule has 2 aromatic heterocycles. The Morgan fingerprint density at radius 1 is 1.29 bits per heavy atom. The fourth-order valence-electron chi connectivity index (χ4n) is 2.78. The number of fused-ring (bicyclic) bond motifs is 1. The number of alkyl halides is 3. The molecule has 174 valence electrons. The lowest BCUT2D eigenvalue weighted by Crippen LogP contribution is -2.14. The van der Waals surface area contributed by atoms with Crippen molar-refractivity contribution in [3.8, 4) is 0 Å². The molecule has 0 saturated carbocycles. The largest absolute Gasteiger partial charge is 0.433 e. The highest BCUT2D eigenvalue weighted by Crippen LogP contribution is 2.37. The molecule has 0 bridgehead atoms. The van der Waals surface area contributed by atoms with Gasteiger partial charge in [0.1, 0.15) is 20.9 Å². The Morgan fingerprint density at radius 3 is 2.23 bits per heavy atom. The van der Waals surface area contributed by atoms with Crippen molar-refractivity contribution in [2.24, 2.45) is 10.9 Å². The Kier molecular flexibility index (Phi) is 9.11. The molecule has 7 N–H and O–H groups in total. The lowest BCUT2D eigenvalue weighted by molar-refractivity contribution is -0.141. The molecule has 7 nitrogen and oxygen atoms in total. The van der Waals surface area contributed by atoms with Gasteiger partial charge in [-0.05, 0) is 51.7 Å². The minimum absolute atomic E-state index is 0.0304. The van der Waals surface area contributed by atoms with Crippen LogP contribution in [0.15, 0.2) is 10.3 Å². The van der Waals surface area contributed by atoms with E-state index in [2.05, 4.69) is 10.7 Å². The van der Waals surface area contributed by atoms with Crippen molar-refractivity contribution in [3.05, 3.63) is 39.3 Å². The molecule has 0 spiro atoms. The summed E-state index contributed by atoms with van der Waals surface area (Å²) in [6, 6.07) is 1.16. The second-order valence-corrected chi connectivity index (χ2v) is 9.33. The van der Waals surface area contributed by atoms with Crippen LogP contribution in [0.25, 0.3) is 0 Å². The smallest absolute Gasteiger partial charge is 0.398 e. The quantitative estimate of drug-likeness (QED) is 0.382. The Labute approximate surface area is 183 Å². The highest BCUT2D eigenvalue weighted by Gasteiger charge is 2.37. The van der Waals surface area contributed by atoms with Crippen LogP contribution in [0, 0.1) is 12.7 Å². The number of aliphatic hydroxyl groups is 1. The number of anilines is 1. The zero-order chi connectivity index (χ0) is 24.1. The number of nitrogens with two attached hydrogens (primary N) is 3. The zero-order valence-corrected chi connectivity index (χ0v) is 18.7. The summed E-state index contributed by atoms with van der Waals surface area (Å²) in [4.78, 5) is 12.7. The summed E-state index contributed by atoms with van der Waals surface area (Å²) >= 11 is 0.924. The molecule has 1 aliphatic rings. The van der Waals surface area contributed by atoms with E-state index in [0.29, 0.717) is 17.0 Å². The van der Waals surface area contributed by atoms with E-state index in [1.54, 1.807) is 0 Å². The van der Waals surface area contributed by atoms with Crippen LogP contribution in [0.2, 0.25) is 0 Å². The average Bonchev–Trinajstić information content (AvgIpc) is 3.24. The first kappa shape index (κ1) is 26.9. The molecule has 3 rings (SSSR count). The third kappa shape index (κ3) is 6.95. The van der Waals surface area contributed by atoms with Crippen LogP contribution in [0.1, 0.15) is 47.7 Å². The molecule has 0 aromatic carbocycles. The van der Waals surface area contributed by atoms with Crippen molar-refractivity contribution in [1.29, 1.82) is 0 Å². The fraction of sp³-hybridized carbons (Fsp3) is 0.444. The van der Waals surface area contributed by atoms with E-state index in [1.165, 1.54) is 20.8 Å². The van der Waals surface area contributed by atoms with Crippen molar-refractivity contribution in [2.45, 2.75) is 56.0 Å². The number of hydrogen-bond donors (Lipinski definition) is 4. The number of carbonyl (C=O) groups excluding carboxylic acids is 1. The van der Waals surface area contributed by atoms with E-state index in [4.69, 9.17) is 15.7 Å². The van der Waals surface area contributed by atoms with Gasteiger partial charge >= 0.3 is 6.18 Å². The highest BCUT2D eigenvalue weighted by atomic mass is 32.2. The number of halogens is 4. The number of primary amides is 1. The molecule has 1 aliphatic carbocycles. The SMILES string of the molecule is CC(C)(O)c1cc(F)c(S(N)=O)s1.Cc1c(C(F)(F)F)nc2c(c1N)CCC2.NC=O. The fourth-order valence-corrected chi connectivity index (χ4v) is 4.40. The number of aromatic nitrogens is 1. The van der Waals surface area contributed by atoms with Gasteiger partial charge in [-0.25, -0.2) is 18.7 Å². The third-order valence-electron chi connectivity index (χ3n) is 4.23. The monoisotopic (exact) mass is 484 g/mol. The summed E-state index contributed by atoms with van der Waals surface area (Å²) in [5, 5.41) is 14.5. The van der Waals surface area contributed by atoms with Gasteiger partial charge in [-0.3, -0.25) is 4.79 Å².